The Morgan fingerprint density at radius 3 is 2.52 bits per heavy atom. The number of hydrogen-bond donors (Lipinski definition) is 3. The third-order valence-corrected chi connectivity index (χ3v) is 4.24. The SMILES string of the molecule is Cc1ccc(CC2COc3cc(C)c(O)c(O)c3C2=O)cc1O. The van der Waals surface area contributed by atoms with Gasteiger partial charge in [0, 0.05) is 0 Å². The van der Waals surface area contributed by atoms with E-state index >= 15 is 0 Å². The molecule has 0 aliphatic carbocycles. The number of hydrogen-bond acceptors (Lipinski definition) is 5. The number of aromatic hydroxyl groups is 3. The monoisotopic (exact) mass is 314 g/mol. The average molecular weight is 314 g/mol. The maximum absolute atomic E-state index is 12.6. The van der Waals surface area contributed by atoms with Gasteiger partial charge in [-0.05, 0) is 49.1 Å². The van der Waals surface area contributed by atoms with E-state index in [-0.39, 0.29) is 29.5 Å². The Kier molecular flexibility index (Phi) is 3.64. The van der Waals surface area contributed by atoms with Gasteiger partial charge < -0.3 is 20.1 Å². The second-order valence-corrected chi connectivity index (χ2v) is 5.96. The summed E-state index contributed by atoms with van der Waals surface area (Å²) in [7, 11) is 0. The van der Waals surface area contributed by atoms with E-state index in [2.05, 4.69) is 0 Å². The average Bonchev–Trinajstić information content (AvgIpc) is 2.51. The van der Waals surface area contributed by atoms with Gasteiger partial charge in [-0.15, -0.1) is 0 Å². The van der Waals surface area contributed by atoms with Crippen molar-refractivity contribution in [1.29, 1.82) is 0 Å². The van der Waals surface area contributed by atoms with Crippen LogP contribution in [0.1, 0.15) is 27.0 Å². The Hall–Kier alpha value is -2.69. The summed E-state index contributed by atoms with van der Waals surface area (Å²) in [5, 5.41) is 29.7. The molecule has 3 rings (SSSR count). The van der Waals surface area contributed by atoms with Crippen molar-refractivity contribution in [2.45, 2.75) is 20.3 Å². The van der Waals surface area contributed by atoms with Crippen LogP contribution in [0.4, 0.5) is 0 Å². The van der Waals surface area contributed by atoms with Crippen LogP contribution in [0.2, 0.25) is 0 Å². The summed E-state index contributed by atoms with van der Waals surface area (Å²) in [5.41, 5.74) is 2.06. The number of aryl methyl sites for hydroxylation is 2. The highest BCUT2D eigenvalue weighted by molar-refractivity contribution is 6.04. The van der Waals surface area contributed by atoms with Crippen LogP contribution < -0.4 is 4.74 Å². The number of carbonyl (C=O) groups excluding carboxylic acids is 1. The topological polar surface area (TPSA) is 87.0 Å². The van der Waals surface area contributed by atoms with Gasteiger partial charge in [0.15, 0.2) is 17.3 Å². The minimum atomic E-state index is -0.474. The van der Waals surface area contributed by atoms with Crippen molar-refractivity contribution in [2.24, 2.45) is 5.92 Å². The van der Waals surface area contributed by atoms with Crippen LogP contribution >= 0.6 is 0 Å². The Bertz CT molecular complexity index is 794. The van der Waals surface area contributed by atoms with E-state index in [0.29, 0.717) is 17.7 Å². The molecule has 1 atom stereocenters. The van der Waals surface area contributed by atoms with E-state index < -0.39 is 11.7 Å². The molecule has 120 valence electrons. The highest BCUT2D eigenvalue weighted by Gasteiger charge is 2.33. The number of ketones is 1. The zero-order valence-electron chi connectivity index (χ0n) is 13.0. The lowest BCUT2D eigenvalue weighted by Gasteiger charge is -2.25. The molecule has 2 aromatic carbocycles. The largest absolute Gasteiger partial charge is 0.508 e. The molecule has 1 heterocycles. The van der Waals surface area contributed by atoms with Crippen molar-refractivity contribution in [1.82, 2.24) is 0 Å². The molecule has 0 bridgehead atoms. The number of fused-ring (bicyclic) bond motifs is 1. The molecule has 1 aliphatic heterocycles. The van der Waals surface area contributed by atoms with Crippen LogP contribution in [0.5, 0.6) is 23.0 Å². The van der Waals surface area contributed by atoms with Gasteiger partial charge in [0.1, 0.15) is 17.1 Å². The molecule has 2 aromatic rings. The van der Waals surface area contributed by atoms with Crippen LogP contribution in [0.15, 0.2) is 24.3 Å². The first-order chi connectivity index (χ1) is 10.9. The van der Waals surface area contributed by atoms with Crippen LogP contribution in [0.3, 0.4) is 0 Å². The van der Waals surface area contributed by atoms with E-state index in [9.17, 15) is 20.1 Å². The maximum atomic E-state index is 12.6. The van der Waals surface area contributed by atoms with E-state index in [1.165, 1.54) is 0 Å². The summed E-state index contributed by atoms with van der Waals surface area (Å²) in [4.78, 5) is 12.6. The predicted molar refractivity (Wildman–Crippen MR) is 84.4 cm³/mol. The molecule has 23 heavy (non-hydrogen) atoms. The van der Waals surface area contributed by atoms with Crippen LogP contribution in [0.25, 0.3) is 0 Å². The molecule has 5 nitrogen and oxygen atoms in total. The van der Waals surface area contributed by atoms with Gasteiger partial charge in [-0.1, -0.05) is 12.1 Å². The molecule has 3 N–H and O–H groups in total. The second kappa shape index (κ2) is 5.50. The molecule has 0 aromatic heterocycles. The van der Waals surface area contributed by atoms with E-state index in [1.54, 1.807) is 32.0 Å². The van der Waals surface area contributed by atoms with Gasteiger partial charge in [-0.3, -0.25) is 4.79 Å². The summed E-state index contributed by atoms with van der Waals surface area (Å²) in [6.07, 6.45) is 0.389. The fourth-order valence-electron chi connectivity index (χ4n) is 2.80. The second-order valence-electron chi connectivity index (χ2n) is 5.96. The van der Waals surface area contributed by atoms with E-state index in [4.69, 9.17) is 4.74 Å². The number of phenols is 3. The van der Waals surface area contributed by atoms with Crippen LogP contribution in [-0.4, -0.2) is 27.7 Å². The van der Waals surface area contributed by atoms with Gasteiger partial charge in [0.2, 0.25) is 0 Å². The first-order valence-corrected chi connectivity index (χ1v) is 7.39. The molecule has 0 radical (unpaired) electrons. The summed E-state index contributed by atoms with van der Waals surface area (Å²) >= 11 is 0. The van der Waals surface area contributed by atoms with Crippen molar-refractivity contribution >= 4 is 5.78 Å². The molecule has 0 amide bonds. The van der Waals surface area contributed by atoms with Crippen molar-refractivity contribution in [2.75, 3.05) is 6.61 Å². The van der Waals surface area contributed by atoms with Crippen molar-refractivity contribution < 1.29 is 24.9 Å². The third-order valence-electron chi connectivity index (χ3n) is 4.24. The zero-order valence-corrected chi connectivity index (χ0v) is 13.0. The van der Waals surface area contributed by atoms with E-state index in [1.807, 2.05) is 6.07 Å². The summed E-state index contributed by atoms with van der Waals surface area (Å²) < 4.78 is 5.59. The molecule has 0 saturated heterocycles. The zero-order chi connectivity index (χ0) is 16.7. The fraction of sp³-hybridized carbons (Fsp3) is 0.278. The summed E-state index contributed by atoms with van der Waals surface area (Å²) in [5.74, 6) is -0.985. The standard InChI is InChI=1S/C18H18O5/c1-9-3-4-11(7-13(9)19)6-12-8-23-14-5-10(2)16(20)18(22)15(14)17(12)21/h3-5,7,12,19-20,22H,6,8H2,1-2H3. The molecule has 1 aliphatic rings. The van der Waals surface area contributed by atoms with Crippen molar-refractivity contribution in [3.63, 3.8) is 0 Å². The lowest BCUT2D eigenvalue weighted by molar-refractivity contribution is 0.0825. The van der Waals surface area contributed by atoms with Crippen LogP contribution in [0, 0.1) is 19.8 Å². The normalized spacial score (nSPS) is 16.8. The number of benzene rings is 2. The smallest absolute Gasteiger partial charge is 0.177 e. The molecular weight excluding hydrogens is 296 g/mol. The first kappa shape index (κ1) is 15.2. The van der Waals surface area contributed by atoms with Gasteiger partial charge in [-0.2, -0.15) is 0 Å². The quantitative estimate of drug-likeness (QED) is 0.742. The van der Waals surface area contributed by atoms with Gasteiger partial charge in [0.25, 0.3) is 0 Å². The minimum absolute atomic E-state index is 0.0284. The lowest BCUT2D eigenvalue weighted by Crippen LogP contribution is -2.29. The van der Waals surface area contributed by atoms with E-state index in [0.717, 1.165) is 11.1 Å². The van der Waals surface area contributed by atoms with Crippen molar-refractivity contribution in [3.8, 4) is 23.0 Å². The van der Waals surface area contributed by atoms with Gasteiger partial charge in [0.05, 0.1) is 12.5 Å². The first-order valence-electron chi connectivity index (χ1n) is 7.39. The minimum Gasteiger partial charge on any atom is -0.508 e. The van der Waals surface area contributed by atoms with Crippen molar-refractivity contribution in [3.05, 3.63) is 46.5 Å². The predicted octanol–water partition coefficient (Wildman–Crippen LogP) is 2.85. The maximum Gasteiger partial charge on any atom is 0.177 e. The summed E-state index contributed by atoms with van der Waals surface area (Å²) in [6.45, 7) is 3.63. The molecule has 5 heteroatoms. The highest BCUT2D eigenvalue weighted by Crippen LogP contribution is 2.42. The Balaban J connectivity index is 1.92. The highest BCUT2D eigenvalue weighted by atomic mass is 16.5. The number of rotatable bonds is 2. The number of ether oxygens (including phenoxy) is 1. The molecule has 0 fully saturated rings. The fourth-order valence-corrected chi connectivity index (χ4v) is 2.80. The van der Waals surface area contributed by atoms with Crippen LogP contribution in [-0.2, 0) is 6.42 Å². The number of Topliss-reactive ketones (excluding diaryl/α,β-unsaturated/α-hetero) is 1. The molecular formula is C18H18O5. The summed E-state index contributed by atoms with van der Waals surface area (Å²) in [6, 6.07) is 6.82. The Morgan fingerprint density at radius 2 is 1.83 bits per heavy atom. The van der Waals surface area contributed by atoms with Gasteiger partial charge >= 0.3 is 0 Å². The Labute approximate surface area is 133 Å². The third kappa shape index (κ3) is 2.59. The Morgan fingerprint density at radius 1 is 1.09 bits per heavy atom. The lowest BCUT2D eigenvalue weighted by atomic mass is 9.88. The molecule has 0 saturated carbocycles. The molecule has 1 unspecified atom stereocenters. The molecule has 0 spiro atoms. The number of carbonyl (C=O) groups is 1. The number of phenolic OH excluding ortho intramolecular Hbond substituents is 3. The van der Waals surface area contributed by atoms with Gasteiger partial charge in [-0.25, -0.2) is 0 Å².